The summed E-state index contributed by atoms with van der Waals surface area (Å²) in [6.07, 6.45) is 9.94. The van der Waals surface area contributed by atoms with Gasteiger partial charge in [-0.25, -0.2) is 0 Å². The Balaban J connectivity index is 1.31. The molecule has 2 amide bonds. The van der Waals surface area contributed by atoms with E-state index in [0.717, 1.165) is 42.3 Å². The fourth-order valence-corrected chi connectivity index (χ4v) is 7.34. The van der Waals surface area contributed by atoms with Crippen molar-refractivity contribution in [3.63, 3.8) is 0 Å². The average Bonchev–Trinajstić information content (AvgIpc) is 3.52. The Morgan fingerprint density at radius 1 is 1.16 bits per heavy atom. The molecule has 31 heavy (non-hydrogen) atoms. The van der Waals surface area contributed by atoms with E-state index in [-0.39, 0.29) is 17.9 Å². The first kappa shape index (κ1) is 21.4. The third-order valence-electron chi connectivity index (χ3n) is 8.18. The van der Waals surface area contributed by atoms with Crippen molar-refractivity contribution in [3.8, 4) is 0 Å². The second kappa shape index (κ2) is 9.22. The van der Waals surface area contributed by atoms with Gasteiger partial charge in [0.15, 0.2) is 0 Å². The monoisotopic (exact) mass is 443 g/mol. The van der Waals surface area contributed by atoms with Gasteiger partial charge in [0.1, 0.15) is 0 Å². The maximum absolute atomic E-state index is 13.7. The summed E-state index contributed by atoms with van der Waals surface area (Å²) in [6.45, 7) is 6.26. The summed E-state index contributed by atoms with van der Waals surface area (Å²) in [4.78, 5) is 31.8. The van der Waals surface area contributed by atoms with Gasteiger partial charge in [-0.2, -0.15) is 0 Å². The highest BCUT2D eigenvalue weighted by atomic mass is 32.1. The van der Waals surface area contributed by atoms with Gasteiger partial charge in [0, 0.05) is 31.6 Å². The molecule has 0 unspecified atom stereocenters. The molecule has 4 aliphatic rings. The predicted molar refractivity (Wildman–Crippen MR) is 124 cm³/mol. The van der Waals surface area contributed by atoms with Gasteiger partial charge in [-0.3, -0.25) is 14.5 Å². The normalized spacial score (nSPS) is 30.7. The molecule has 170 valence electrons. The van der Waals surface area contributed by atoms with Gasteiger partial charge in [-0.15, -0.1) is 11.3 Å². The van der Waals surface area contributed by atoms with Crippen molar-refractivity contribution >= 4 is 23.2 Å². The molecule has 4 atom stereocenters. The van der Waals surface area contributed by atoms with Gasteiger partial charge in [-0.05, 0) is 106 Å². The number of aryl methyl sites for hydroxylation is 1. The number of carbonyl (C=O) groups excluding carboxylic acids is 2. The van der Waals surface area contributed by atoms with Crippen molar-refractivity contribution in [2.45, 2.75) is 76.8 Å². The van der Waals surface area contributed by atoms with Gasteiger partial charge in [0.25, 0.3) is 5.91 Å². The van der Waals surface area contributed by atoms with Crippen molar-refractivity contribution in [1.82, 2.24) is 15.1 Å². The molecule has 0 bridgehead atoms. The van der Waals surface area contributed by atoms with Crippen molar-refractivity contribution < 1.29 is 9.59 Å². The molecule has 3 aliphatic heterocycles. The second-order valence-electron chi connectivity index (χ2n) is 10.3. The summed E-state index contributed by atoms with van der Waals surface area (Å²) >= 11 is 1.58. The first-order chi connectivity index (χ1) is 15.1. The van der Waals surface area contributed by atoms with E-state index >= 15 is 0 Å². The summed E-state index contributed by atoms with van der Waals surface area (Å²) in [5, 5.41) is 5.15. The van der Waals surface area contributed by atoms with Crippen LogP contribution < -0.4 is 5.32 Å². The number of piperidine rings is 3. The molecule has 6 heteroatoms. The lowest BCUT2D eigenvalue weighted by molar-refractivity contribution is -0.121. The zero-order chi connectivity index (χ0) is 21.4. The molecule has 0 radical (unpaired) electrons. The summed E-state index contributed by atoms with van der Waals surface area (Å²) in [6, 6.07) is 2.98. The Labute approximate surface area is 190 Å². The van der Waals surface area contributed by atoms with E-state index in [9.17, 15) is 9.59 Å². The number of nitrogens with zero attached hydrogens (tertiary/aromatic N) is 2. The van der Waals surface area contributed by atoms with E-state index in [1.807, 2.05) is 5.38 Å². The molecule has 0 spiro atoms. The van der Waals surface area contributed by atoms with Crippen LogP contribution in [-0.4, -0.2) is 59.9 Å². The average molecular weight is 444 g/mol. The summed E-state index contributed by atoms with van der Waals surface area (Å²) in [5.41, 5.74) is 1.10. The van der Waals surface area contributed by atoms with Gasteiger partial charge in [-0.1, -0.05) is 0 Å². The molecule has 1 N–H and O–H groups in total. The number of carbonyl (C=O) groups is 2. The highest BCUT2D eigenvalue weighted by Crippen LogP contribution is 2.44. The van der Waals surface area contributed by atoms with Crippen molar-refractivity contribution in [3.05, 3.63) is 21.9 Å². The molecule has 3 saturated heterocycles. The maximum Gasteiger partial charge on any atom is 0.264 e. The number of hydrogen-bond acceptors (Lipinski definition) is 4. The molecule has 1 aliphatic carbocycles. The Kier molecular flexibility index (Phi) is 6.38. The van der Waals surface area contributed by atoms with Crippen LogP contribution in [0.4, 0.5) is 0 Å². The highest BCUT2D eigenvalue weighted by Gasteiger charge is 2.49. The molecule has 0 aromatic carbocycles. The van der Waals surface area contributed by atoms with E-state index in [2.05, 4.69) is 28.1 Å². The summed E-state index contributed by atoms with van der Waals surface area (Å²) < 4.78 is 0. The first-order valence-corrected chi connectivity index (χ1v) is 13.4. The van der Waals surface area contributed by atoms with Crippen LogP contribution >= 0.6 is 11.3 Å². The molecule has 5 nitrogen and oxygen atoms in total. The Morgan fingerprint density at radius 2 is 1.97 bits per heavy atom. The fourth-order valence-electron chi connectivity index (χ4n) is 6.46. The minimum atomic E-state index is 0.190. The zero-order valence-corrected chi connectivity index (χ0v) is 19.7. The minimum absolute atomic E-state index is 0.190. The number of rotatable bonds is 7. The van der Waals surface area contributed by atoms with Crippen LogP contribution in [0.25, 0.3) is 0 Å². The highest BCUT2D eigenvalue weighted by molar-refractivity contribution is 7.12. The van der Waals surface area contributed by atoms with E-state index in [1.54, 1.807) is 11.3 Å². The number of thiophene rings is 1. The van der Waals surface area contributed by atoms with E-state index in [4.69, 9.17) is 0 Å². The van der Waals surface area contributed by atoms with Gasteiger partial charge in [0.2, 0.25) is 5.91 Å². The van der Waals surface area contributed by atoms with Gasteiger partial charge >= 0.3 is 0 Å². The minimum Gasteiger partial charge on any atom is -0.356 e. The number of likely N-dealkylation sites (tertiary alicyclic amines) is 1. The number of amides is 2. The molecular weight excluding hydrogens is 406 g/mol. The quantitative estimate of drug-likeness (QED) is 0.691. The van der Waals surface area contributed by atoms with E-state index in [1.165, 1.54) is 51.6 Å². The standard InChI is InChI=1S/C25H37N3O2S/c1-17-11-14-31-24(17)25(30)28-16-19-5-3-12-27-13-4-6-20(23(19)27)21(28)7-2-8-22(29)26-15-18-9-10-18/h11,14,18-21,23H,2-10,12-13,15-16H2,1H3,(H,26,29)/t19-,20+,21+,23-/m0/s1. The maximum atomic E-state index is 13.7. The lowest BCUT2D eigenvalue weighted by atomic mass is 9.69. The Hall–Kier alpha value is -1.40. The molecule has 1 aromatic heterocycles. The molecule has 4 heterocycles. The van der Waals surface area contributed by atoms with Crippen molar-refractivity contribution in [1.29, 1.82) is 0 Å². The topological polar surface area (TPSA) is 52.7 Å². The molecule has 1 aromatic rings. The van der Waals surface area contributed by atoms with Crippen LogP contribution in [-0.2, 0) is 4.79 Å². The smallest absolute Gasteiger partial charge is 0.264 e. The predicted octanol–water partition coefficient (Wildman–Crippen LogP) is 4.07. The third-order valence-corrected chi connectivity index (χ3v) is 9.18. The number of nitrogens with one attached hydrogen (secondary N) is 1. The number of hydrogen-bond donors (Lipinski definition) is 1. The van der Waals surface area contributed by atoms with Gasteiger partial charge in [0.05, 0.1) is 4.88 Å². The second-order valence-corrected chi connectivity index (χ2v) is 11.2. The summed E-state index contributed by atoms with van der Waals surface area (Å²) in [7, 11) is 0. The van der Waals surface area contributed by atoms with Crippen molar-refractivity contribution in [2.75, 3.05) is 26.2 Å². The zero-order valence-electron chi connectivity index (χ0n) is 18.9. The fraction of sp³-hybridized carbons (Fsp3) is 0.760. The lowest BCUT2D eigenvalue weighted by Gasteiger charge is -2.57. The van der Waals surface area contributed by atoms with Crippen LogP contribution in [0.2, 0.25) is 0 Å². The third kappa shape index (κ3) is 4.56. The van der Waals surface area contributed by atoms with Crippen LogP contribution in [0.3, 0.4) is 0 Å². The molecular formula is C25H37N3O2S. The summed E-state index contributed by atoms with van der Waals surface area (Å²) in [5.74, 6) is 2.32. The van der Waals surface area contributed by atoms with Crippen LogP contribution in [0.15, 0.2) is 11.4 Å². The SMILES string of the molecule is Cc1ccsc1C(=O)N1C[C@@H]2CCCN3CCC[C@@H]([C@H]23)[C@H]1CCCC(=O)NCC1CC1. The largest absolute Gasteiger partial charge is 0.356 e. The van der Waals surface area contributed by atoms with E-state index < -0.39 is 0 Å². The lowest BCUT2D eigenvalue weighted by Crippen LogP contribution is -2.65. The van der Waals surface area contributed by atoms with Crippen LogP contribution in [0.5, 0.6) is 0 Å². The molecule has 4 fully saturated rings. The Morgan fingerprint density at radius 3 is 2.71 bits per heavy atom. The molecule has 1 saturated carbocycles. The van der Waals surface area contributed by atoms with Crippen LogP contribution in [0.1, 0.15) is 73.0 Å². The Bertz CT molecular complexity index is 802. The van der Waals surface area contributed by atoms with E-state index in [0.29, 0.717) is 24.3 Å². The first-order valence-electron chi connectivity index (χ1n) is 12.5. The van der Waals surface area contributed by atoms with Crippen LogP contribution in [0, 0.1) is 24.7 Å². The van der Waals surface area contributed by atoms with Crippen molar-refractivity contribution in [2.24, 2.45) is 17.8 Å². The molecule has 5 rings (SSSR count). The van der Waals surface area contributed by atoms with Gasteiger partial charge < -0.3 is 10.2 Å².